The second kappa shape index (κ2) is 6.99. The number of nitrogens with one attached hydrogen (secondary N) is 1. The molecule has 0 aliphatic rings. The fourth-order valence-corrected chi connectivity index (χ4v) is 3.03. The minimum atomic E-state index is -2.84. The Kier molecular flexibility index (Phi) is 4.96. The van der Waals surface area contributed by atoms with Crippen LogP contribution in [0.1, 0.15) is 11.6 Å². The second-order valence-corrected chi connectivity index (χ2v) is 6.44. The van der Waals surface area contributed by atoms with Crippen molar-refractivity contribution < 1.29 is 13.2 Å². The van der Waals surface area contributed by atoms with E-state index in [1.54, 1.807) is 24.3 Å². The highest BCUT2D eigenvalue weighted by Crippen LogP contribution is 2.35. The van der Waals surface area contributed by atoms with Crippen LogP contribution in [0.5, 0.6) is 0 Å². The highest BCUT2D eigenvalue weighted by molar-refractivity contribution is 9.10. The zero-order chi connectivity index (χ0) is 17.3. The lowest BCUT2D eigenvalue weighted by atomic mass is 10.1. The van der Waals surface area contributed by atoms with Crippen LogP contribution in [0.4, 0.5) is 18.9 Å². The molecule has 0 radical (unpaired) electrons. The summed E-state index contributed by atoms with van der Waals surface area (Å²) in [6.45, 7) is 0. The zero-order valence-corrected chi connectivity index (χ0v) is 14.5. The number of aromatic nitrogens is 1. The van der Waals surface area contributed by atoms with Gasteiger partial charge in [-0.25, -0.2) is 13.2 Å². The van der Waals surface area contributed by atoms with E-state index in [9.17, 15) is 13.2 Å². The third kappa shape index (κ3) is 3.35. The minimum Gasteiger partial charge on any atom is -0.371 e. The van der Waals surface area contributed by atoms with Crippen LogP contribution in [0.15, 0.2) is 53.1 Å². The number of pyridine rings is 1. The zero-order valence-electron chi connectivity index (χ0n) is 12.1. The van der Waals surface area contributed by atoms with Gasteiger partial charge < -0.3 is 5.32 Å². The van der Waals surface area contributed by atoms with Gasteiger partial charge in [0.1, 0.15) is 11.9 Å². The molecule has 0 aliphatic carbocycles. The lowest BCUT2D eigenvalue weighted by Gasteiger charge is -2.22. The van der Waals surface area contributed by atoms with Gasteiger partial charge in [-0.3, -0.25) is 4.98 Å². The Morgan fingerprint density at radius 3 is 2.62 bits per heavy atom. The summed E-state index contributed by atoms with van der Waals surface area (Å²) in [4.78, 5) is 4.16. The van der Waals surface area contributed by atoms with Crippen LogP contribution in [0.25, 0.3) is 10.9 Å². The first-order valence-electron chi connectivity index (χ1n) is 7.00. The topological polar surface area (TPSA) is 24.9 Å². The number of fused-ring (bicyclic) bond motifs is 1. The Bertz CT molecular complexity index is 889. The first-order chi connectivity index (χ1) is 11.5. The standard InChI is InChI=1S/C17H11BrClF3N2/c18-9-5-6-13(20)11(7-9)16(17(21)22)24-15-10-3-1-2-4-14(10)23-8-12(15)19/h1-8,16-17H,(H,23,24). The third-order valence-corrected chi connectivity index (χ3v) is 4.35. The van der Waals surface area contributed by atoms with E-state index in [1.165, 1.54) is 18.3 Å². The maximum absolute atomic E-state index is 14.1. The van der Waals surface area contributed by atoms with E-state index in [0.29, 0.717) is 21.1 Å². The highest BCUT2D eigenvalue weighted by Gasteiger charge is 2.27. The maximum atomic E-state index is 14.1. The predicted molar refractivity (Wildman–Crippen MR) is 93.2 cm³/mol. The van der Waals surface area contributed by atoms with Gasteiger partial charge in [0.15, 0.2) is 0 Å². The molecule has 2 nitrogen and oxygen atoms in total. The Labute approximate surface area is 149 Å². The first kappa shape index (κ1) is 17.0. The van der Waals surface area contributed by atoms with Crippen molar-refractivity contribution in [3.05, 3.63) is 69.5 Å². The number of para-hydroxylation sites is 1. The quantitative estimate of drug-likeness (QED) is 0.548. The van der Waals surface area contributed by atoms with Gasteiger partial charge in [0.2, 0.25) is 0 Å². The summed E-state index contributed by atoms with van der Waals surface area (Å²) in [6.07, 6.45) is -1.46. The second-order valence-electron chi connectivity index (χ2n) is 5.12. The molecular weight excluding hydrogens is 405 g/mol. The SMILES string of the molecule is Fc1ccc(Br)cc1C(Nc1c(Cl)cnc2ccccc12)C(F)F. The summed E-state index contributed by atoms with van der Waals surface area (Å²) in [7, 11) is 0. The van der Waals surface area contributed by atoms with Crippen LogP contribution >= 0.6 is 27.5 Å². The number of hydrogen-bond donors (Lipinski definition) is 1. The van der Waals surface area contributed by atoms with E-state index in [1.807, 2.05) is 0 Å². The van der Waals surface area contributed by atoms with Crippen molar-refractivity contribution in [2.24, 2.45) is 0 Å². The van der Waals surface area contributed by atoms with Crippen LogP contribution in [0.3, 0.4) is 0 Å². The van der Waals surface area contributed by atoms with Crippen molar-refractivity contribution in [2.75, 3.05) is 5.32 Å². The van der Waals surface area contributed by atoms with Gasteiger partial charge in [-0.05, 0) is 24.3 Å². The van der Waals surface area contributed by atoms with Gasteiger partial charge in [-0.15, -0.1) is 0 Å². The molecule has 0 fully saturated rings. The van der Waals surface area contributed by atoms with Crippen molar-refractivity contribution in [3.8, 4) is 0 Å². The van der Waals surface area contributed by atoms with Crippen molar-refractivity contribution in [1.82, 2.24) is 4.98 Å². The molecule has 3 aromatic rings. The average molecular weight is 416 g/mol. The van der Waals surface area contributed by atoms with E-state index in [-0.39, 0.29) is 10.6 Å². The molecule has 1 unspecified atom stereocenters. The van der Waals surface area contributed by atoms with Gasteiger partial charge in [0.05, 0.1) is 16.2 Å². The van der Waals surface area contributed by atoms with Crippen molar-refractivity contribution >= 4 is 44.1 Å². The van der Waals surface area contributed by atoms with Crippen molar-refractivity contribution in [1.29, 1.82) is 0 Å². The van der Waals surface area contributed by atoms with Gasteiger partial charge in [0.25, 0.3) is 6.43 Å². The number of benzene rings is 2. The number of alkyl halides is 2. The van der Waals surface area contributed by atoms with Crippen LogP contribution in [-0.2, 0) is 0 Å². The Morgan fingerprint density at radius 1 is 1.12 bits per heavy atom. The fourth-order valence-electron chi connectivity index (χ4n) is 2.45. The summed E-state index contributed by atoms with van der Waals surface area (Å²) in [5, 5.41) is 3.47. The summed E-state index contributed by atoms with van der Waals surface area (Å²) in [6, 6.07) is 9.37. The third-order valence-electron chi connectivity index (χ3n) is 3.57. The van der Waals surface area contributed by atoms with Crippen LogP contribution in [0.2, 0.25) is 5.02 Å². The van der Waals surface area contributed by atoms with E-state index in [0.717, 1.165) is 6.07 Å². The molecule has 0 amide bonds. The lowest BCUT2D eigenvalue weighted by molar-refractivity contribution is 0.123. The number of nitrogens with zero attached hydrogens (tertiary/aromatic N) is 1. The van der Waals surface area contributed by atoms with Crippen LogP contribution < -0.4 is 5.32 Å². The Balaban J connectivity index is 2.10. The smallest absolute Gasteiger partial charge is 0.262 e. The van der Waals surface area contributed by atoms with Gasteiger partial charge >= 0.3 is 0 Å². The molecule has 0 saturated heterocycles. The normalized spacial score (nSPS) is 12.6. The summed E-state index contributed by atoms with van der Waals surface area (Å²) in [5.74, 6) is -0.717. The number of rotatable bonds is 4. The molecular formula is C17H11BrClF3N2. The molecule has 0 spiro atoms. The van der Waals surface area contributed by atoms with Crippen LogP contribution in [-0.4, -0.2) is 11.4 Å². The first-order valence-corrected chi connectivity index (χ1v) is 8.17. The average Bonchev–Trinajstić information content (AvgIpc) is 2.56. The van der Waals surface area contributed by atoms with Crippen molar-refractivity contribution in [2.45, 2.75) is 12.5 Å². The Morgan fingerprint density at radius 2 is 1.88 bits per heavy atom. The highest BCUT2D eigenvalue weighted by atomic mass is 79.9. The lowest BCUT2D eigenvalue weighted by Crippen LogP contribution is -2.20. The summed E-state index contributed by atoms with van der Waals surface area (Å²) < 4.78 is 41.8. The molecule has 0 saturated carbocycles. The van der Waals surface area contributed by atoms with E-state index in [4.69, 9.17) is 11.6 Å². The monoisotopic (exact) mass is 414 g/mol. The fraction of sp³-hybridized carbons (Fsp3) is 0.118. The molecule has 124 valence electrons. The molecule has 1 atom stereocenters. The maximum Gasteiger partial charge on any atom is 0.262 e. The van der Waals surface area contributed by atoms with Gasteiger partial charge in [-0.1, -0.05) is 45.7 Å². The van der Waals surface area contributed by atoms with Crippen molar-refractivity contribution in [3.63, 3.8) is 0 Å². The van der Waals surface area contributed by atoms with Gasteiger partial charge in [0, 0.05) is 21.6 Å². The van der Waals surface area contributed by atoms with Gasteiger partial charge in [-0.2, -0.15) is 0 Å². The largest absolute Gasteiger partial charge is 0.371 e. The number of hydrogen-bond acceptors (Lipinski definition) is 2. The molecule has 3 rings (SSSR count). The predicted octanol–water partition coefficient (Wildman–Crippen LogP) is 6.21. The van der Waals surface area contributed by atoms with E-state index >= 15 is 0 Å². The van der Waals surface area contributed by atoms with E-state index in [2.05, 4.69) is 26.2 Å². The molecule has 7 heteroatoms. The summed E-state index contributed by atoms with van der Waals surface area (Å²) in [5.41, 5.74) is 0.760. The molecule has 2 aromatic carbocycles. The molecule has 1 N–H and O–H groups in total. The molecule has 24 heavy (non-hydrogen) atoms. The van der Waals surface area contributed by atoms with E-state index < -0.39 is 18.3 Å². The molecule has 1 aromatic heterocycles. The molecule has 0 bridgehead atoms. The van der Waals surface area contributed by atoms with Crippen LogP contribution in [0, 0.1) is 5.82 Å². The minimum absolute atomic E-state index is 0.142. The molecule has 0 aliphatic heterocycles. The number of halogens is 5. The summed E-state index contributed by atoms with van der Waals surface area (Å²) >= 11 is 9.32. The molecule has 1 heterocycles. The number of anilines is 1. The Hall–Kier alpha value is -1.79.